The minimum atomic E-state index is -1.85. The van der Waals surface area contributed by atoms with Crippen LogP contribution >= 0.6 is 106 Å². The van der Waals surface area contributed by atoms with Crippen molar-refractivity contribution in [1.82, 2.24) is 0 Å². The molecule has 0 fully saturated rings. The fourth-order valence-electron chi connectivity index (χ4n) is 0. The summed E-state index contributed by atoms with van der Waals surface area (Å²) in [6.45, 7) is 0. The zero-order valence-corrected chi connectivity index (χ0v) is 16.4. The Hall–Kier alpha value is 0.810. The van der Waals surface area contributed by atoms with Crippen molar-refractivity contribution in [2.75, 3.05) is 0 Å². The predicted molar refractivity (Wildman–Crippen MR) is 103 cm³/mol. The Morgan fingerprint density at radius 3 is 0.550 bits per heavy atom. The van der Waals surface area contributed by atoms with Crippen molar-refractivity contribution < 1.29 is 0 Å². The second kappa shape index (κ2) is 14.7. The van der Waals surface area contributed by atoms with E-state index in [9.17, 15) is 0 Å². The molecule has 0 aromatic rings. The summed E-state index contributed by atoms with van der Waals surface area (Å²) in [5.41, 5.74) is 27.7. The molecule has 0 atom stereocenters. The first-order chi connectivity index (χ1) is 8.45. The van der Waals surface area contributed by atoms with E-state index in [1.807, 2.05) is 0 Å². The summed E-state index contributed by atoms with van der Waals surface area (Å²) in [5.74, 6) is 0. The van der Waals surface area contributed by atoms with E-state index in [1.54, 1.807) is 0 Å². The lowest BCUT2D eigenvalue weighted by molar-refractivity contribution is 1.10. The quantitative estimate of drug-likeness (QED) is 0.229. The molecule has 0 aliphatic rings. The van der Waals surface area contributed by atoms with Crippen LogP contribution in [0, 0.1) is 0 Å². The third kappa shape index (κ3) is 62.0. The predicted octanol–water partition coefficient (Wildman–Crippen LogP) is 1.29. The number of nitrogens with two attached hydrogens (primary N) is 6. The molecule has 0 radical (unpaired) electrons. The average molecular weight is 465 g/mol. The third-order valence-electron chi connectivity index (χ3n) is 0.321. The zero-order chi connectivity index (χ0) is 17.7. The van der Waals surface area contributed by atoms with Crippen molar-refractivity contribution in [3.05, 3.63) is 0 Å². The zero-order valence-electron chi connectivity index (χ0n) is 9.46. The van der Waals surface area contributed by atoms with Crippen LogP contribution in [0.5, 0.6) is 0 Å². The van der Waals surface area contributed by atoms with Crippen LogP contribution in [-0.4, -0.2) is 22.9 Å². The molecule has 0 spiro atoms. The average Bonchev–Trinajstić information content (AvgIpc) is 1.94. The van der Waals surface area contributed by atoms with E-state index in [2.05, 4.69) is 71.1 Å². The standard InChI is InChI=1S/C2Cl6.3CH4N2S/c3-1(4,5)2(6,7)8;3*2-1(3)4/h;3*(H4,2,3,4). The Bertz CT molecular complexity index is 250. The first kappa shape index (κ1) is 28.9. The first-order valence-corrected chi connectivity index (χ1v) is 7.22. The molecule has 20 heavy (non-hydrogen) atoms. The van der Waals surface area contributed by atoms with Gasteiger partial charge in [0.1, 0.15) is 0 Å². The highest BCUT2D eigenvalue weighted by Gasteiger charge is 2.43. The number of thiocarbonyl (C=S) groups is 3. The highest BCUT2D eigenvalue weighted by atomic mass is 35.6. The molecule has 122 valence electrons. The van der Waals surface area contributed by atoms with Crippen LogP contribution in [0.4, 0.5) is 0 Å². The second-order valence-electron chi connectivity index (χ2n) is 2.20. The van der Waals surface area contributed by atoms with Crippen LogP contribution < -0.4 is 34.4 Å². The Morgan fingerprint density at radius 2 is 0.550 bits per heavy atom. The van der Waals surface area contributed by atoms with Crippen molar-refractivity contribution in [2.24, 2.45) is 34.4 Å². The van der Waals surface area contributed by atoms with Crippen molar-refractivity contribution in [3.63, 3.8) is 0 Å². The second-order valence-corrected chi connectivity index (χ2v) is 8.18. The maximum atomic E-state index is 5.14. The van der Waals surface area contributed by atoms with Crippen molar-refractivity contribution in [2.45, 2.75) is 7.59 Å². The summed E-state index contributed by atoms with van der Waals surface area (Å²) in [6, 6.07) is 0. The van der Waals surface area contributed by atoms with E-state index < -0.39 is 7.59 Å². The van der Waals surface area contributed by atoms with Gasteiger partial charge in [-0.15, -0.1) is 0 Å². The van der Waals surface area contributed by atoms with Gasteiger partial charge in [-0.2, -0.15) is 0 Å². The highest BCUT2D eigenvalue weighted by molar-refractivity contribution is 7.80. The Morgan fingerprint density at radius 1 is 0.500 bits per heavy atom. The molecule has 0 unspecified atom stereocenters. The monoisotopic (exact) mass is 462 g/mol. The molecule has 0 heterocycles. The van der Waals surface area contributed by atoms with E-state index in [-0.39, 0.29) is 15.3 Å². The molecule has 0 aliphatic carbocycles. The van der Waals surface area contributed by atoms with Gasteiger partial charge in [0.2, 0.25) is 7.59 Å². The molecular formula is C5H12Cl6N6S3. The van der Waals surface area contributed by atoms with Crippen LogP contribution in [0.3, 0.4) is 0 Å². The fourth-order valence-corrected chi connectivity index (χ4v) is 0. The number of hydrogen-bond acceptors (Lipinski definition) is 3. The van der Waals surface area contributed by atoms with Gasteiger partial charge < -0.3 is 34.4 Å². The first-order valence-electron chi connectivity index (χ1n) is 3.73. The molecule has 0 saturated heterocycles. The normalized spacial score (nSPS) is 9.30. The summed E-state index contributed by atoms with van der Waals surface area (Å²) in [6.07, 6.45) is 0. The molecule has 0 aromatic carbocycles. The van der Waals surface area contributed by atoms with Gasteiger partial charge in [0.05, 0.1) is 0 Å². The van der Waals surface area contributed by atoms with Crippen LogP contribution in [-0.2, 0) is 0 Å². The maximum Gasteiger partial charge on any atom is 0.236 e. The third-order valence-corrected chi connectivity index (χ3v) is 2.89. The largest absolute Gasteiger partial charge is 0.377 e. The number of rotatable bonds is 0. The summed E-state index contributed by atoms with van der Waals surface area (Å²) in [4.78, 5) is 0. The molecule has 0 saturated carbocycles. The van der Waals surface area contributed by atoms with Gasteiger partial charge in [0.15, 0.2) is 15.3 Å². The van der Waals surface area contributed by atoms with E-state index in [4.69, 9.17) is 69.6 Å². The Kier molecular flexibility index (Phi) is 21.3. The van der Waals surface area contributed by atoms with Gasteiger partial charge in [0.25, 0.3) is 0 Å². The Labute approximate surface area is 162 Å². The van der Waals surface area contributed by atoms with Gasteiger partial charge in [-0.3, -0.25) is 0 Å². The minimum Gasteiger partial charge on any atom is -0.377 e. The van der Waals surface area contributed by atoms with Crippen LogP contribution in [0.25, 0.3) is 0 Å². The van der Waals surface area contributed by atoms with Crippen LogP contribution in [0.2, 0.25) is 0 Å². The number of hydrogen-bond donors (Lipinski definition) is 6. The SMILES string of the molecule is ClC(Cl)(Cl)C(Cl)(Cl)Cl.NC(N)=S.NC(N)=S.NC(N)=S. The Balaban J connectivity index is -0.0000000917. The lowest BCUT2D eigenvalue weighted by atomic mass is 10.9. The molecule has 0 rings (SSSR count). The maximum absolute atomic E-state index is 5.14. The van der Waals surface area contributed by atoms with Gasteiger partial charge in [0, 0.05) is 0 Å². The van der Waals surface area contributed by atoms with Crippen molar-refractivity contribution >= 4 is 122 Å². The highest BCUT2D eigenvalue weighted by Crippen LogP contribution is 2.48. The lowest BCUT2D eigenvalue weighted by Crippen LogP contribution is -2.23. The molecule has 0 aromatic heterocycles. The van der Waals surface area contributed by atoms with Crippen molar-refractivity contribution in [1.29, 1.82) is 0 Å². The summed E-state index contributed by atoms with van der Waals surface area (Å²) >= 11 is 43.1. The molecule has 12 N–H and O–H groups in total. The minimum absolute atomic E-state index is 0.000000000000000222. The van der Waals surface area contributed by atoms with E-state index >= 15 is 0 Å². The van der Waals surface area contributed by atoms with Gasteiger partial charge in [-0.25, -0.2) is 0 Å². The summed E-state index contributed by atoms with van der Waals surface area (Å²) in [5, 5.41) is 0.000000000000000666. The molecule has 0 bridgehead atoms. The fraction of sp³-hybridized carbons (Fsp3) is 0.400. The van der Waals surface area contributed by atoms with E-state index in [1.165, 1.54) is 0 Å². The summed E-state index contributed by atoms with van der Waals surface area (Å²) in [7, 11) is 0. The van der Waals surface area contributed by atoms with Crippen LogP contribution in [0.1, 0.15) is 0 Å². The van der Waals surface area contributed by atoms with E-state index in [0.717, 1.165) is 0 Å². The molecular weight excluding hydrogens is 453 g/mol. The topological polar surface area (TPSA) is 156 Å². The van der Waals surface area contributed by atoms with Crippen LogP contribution in [0.15, 0.2) is 0 Å². The molecule has 15 heteroatoms. The molecule has 6 nitrogen and oxygen atoms in total. The number of halogens is 6. The lowest BCUT2D eigenvalue weighted by Gasteiger charge is -2.19. The number of alkyl halides is 6. The van der Waals surface area contributed by atoms with Crippen molar-refractivity contribution in [3.8, 4) is 0 Å². The molecule has 0 amide bonds. The summed E-state index contributed by atoms with van der Waals surface area (Å²) < 4.78 is -3.70. The van der Waals surface area contributed by atoms with Gasteiger partial charge >= 0.3 is 0 Å². The van der Waals surface area contributed by atoms with Gasteiger partial charge in [-0.05, 0) is 36.7 Å². The van der Waals surface area contributed by atoms with E-state index in [0.29, 0.717) is 0 Å². The smallest absolute Gasteiger partial charge is 0.236 e. The van der Waals surface area contributed by atoms with Gasteiger partial charge in [-0.1, -0.05) is 69.6 Å². The molecule has 0 aliphatic heterocycles.